The van der Waals surface area contributed by atoms with Crippen molar-refractivity contribution < 1.29 is 0 Å². The van der Waals surface area contributed by atoms with Gasteiger partial charge in [-0.1, -0.05) is 58.4 Å². The van der Waals surface area contributed by atoms with Gasteiger partial charge in [0.05, 0.1) is 12.2 Å². The number of nitrogens with zero attached hydrogens (tertiary/aromatic N) is 2. The van der Waals surface area contributed by atoms with Crippen molar-refractivity contribution >= 4 is 21.7 Å². The Labute approximate surface area is 132 Å². The van der Waals surface area contributed by atoms with E-state index in [1.807, 2.05) is 41.1 Å². The fraction of sp³-hybridized carbons (Fsp3) is 0.118. The molecule has 0 aliphatic rings. The molecule has 0 saturated heterocycles. The number of halogens is 1. The number of aromatic nitrogens is 2. The molecule has 3 rings (SSSR count). The van der Waals surface area contributed by atoms with Gasteiger partial charge in [0.15, 0.2) is 0 Å². The van der Waals surface area contributed by atoms with Gasteiger partial charge in [0.2, 0.25) is 0 Å². The first kappa shape index (κ1) is 13.9. The zero-order valence-corrected chi connectivity index (χ0v) is 13.3. The summed E-state index contributed by atoms with van der Waals surface area (Å²) in [5.41, 5.74) is 10.5. The van der Waals surface area contributed by atoms with Crippen molar-refractivity contribution in [3.63, 3.8) is 0 Å². The zero-order valence-electron chi connectivity index (χ0n) is 11.8. The number of benzene rings is 2. The Morgan fingerprint density at radius 3 is 2.57 bits per heavy atom. The first-order valence-corrected chi connectivity index (χ1v) is 7.57. The van der Waals surface area contributed by atoms with Gasteiger partial charge in [-0.25, -0.2) is 4.68 Å². The number of hydrogen-bond acceptors (Lipinski definition) is 2. The van der Waals surface area contributed by atoms with Gasteiger partial charge in [0.25, 0.3) is 0 Å². The summed E-state index contributed by atoms with van der Waals surface area (Å²) in [6.07, 6.45) is 0. The van der Waals surface area contributed by atoms with Crippen molar-refractivity contribution in [2.45, 2.75) is 13.5 Å². The number of rotatable bonds is 3. The van der Waals surface area contributed by atoms with Gasteiger partial charge in [-0.3, -0.25) is 0 Å². The lowest BCUT2D eigenvalue weighted by Crippen LogP contribution is -2.06. The molecule has 0 fully saturated rings. The lowest BCUT2D eigenvalue weighted by Gasteiger charge is -2.06. The molecule has 0 spiro atoms. The van der Waals surface area contributed by atoms with Crippen LogP contribution in [-0.2, 0) is 6.54 Å². The van der Waals surface area contributed by atoms with Gasteiger partial charge in [-0.15, -0.1) is 0 Å². The van der Waals surface area contributed by atoms with Gasteiger partial charge in [0.1, 0.15) is 5.82 Å². The van der Waals surface area contributed by atoms with Crippen LogP contribution in [0, 0.1) is 6.92 Å². The summed E-state index contributed by atoms with van der Waals surface area (Å²) in [5, 5.41) is 4.65. The van der Waals surface area contributed by atoms with Gasteiger partial charge in [-0.05, 0) is 24.1 Å². The van der Waals surface area contributed by atoms with Crippen molar-refractivity contribution in [1.82, 2.24) is 9.78 Å². The second kappa shape index (κ2) is 5.74. The summed E-state index contributed by atoms with van der Waals surface area (Å²) >= 11 is 3.56. The highest BCUT2D eigenvalue weighted by atomic mass is 79.9. The van der Waals surface area contributed by atoms with Crippen LogP contribution >= 0.6 is 15.9 Å². The summed E-state index contributed by atoms with van der Waals surface area (Å²) in [4.78, 5) is 0. The molecule has 1 heterocycles. The average Bonchev–Trinajstić information content (AvgIpc) is 2.83. The van der Waals surface area contributed by atoms with Crippen molar-refractivity contribution in [2.24, 2.45) is 0 Å². The molecule has 0 amide bonds. The molecule has 0 unspecified atom stereocenters. The van der Waals surface area contributed by atoms with E-state index in [0.29, 0.717) is 12.4 Å². The summed E-state index contributed by atoms with van der Waals surface area (Å²) < 4.78 is 2.90. The van der Waals surface area contributed by atoms with Crippen molar-refractivity contribution in [2.75, 3.05) is 5.73 Å². The van der Waals surface area contributed by atoms with E-state index in [0.717, 1.165) is 21.3 Å². The second-order valence-electron chi connectivity index (χ2n) is 5.02. The molecule has 0 atom stereocenters. The Kier molecular flexibility index (Phi) is 3.80. The fourth-order valence-corrected chi connectivity index (χ4v) is 2.75. The molecule has 2 aromatic carbocycles. The monoisotopic (exact) mass is 341 g/mol. The Bertz CT molecular complexity index is 777. The van der Waals surface area contributed by atoms with Gasteiger partial charge in [-0.2, -0.15) is 5.10 Å². The van der Waals surface area contributed by atoms with Crippen LogP contribution in [0.1, 0.15) is 11.1 Å². The molecule has 106 valence electrons. The van der Waals surface area contributed by atoms with Crippen LogP contribution in [0.5, 0.6) is 0 Å². The molecule has 1 aromatic heterocycles. The molecule has 0 aliphatic carbocycles. The minimum Gasteiger partial charge on any atom is -0.384 e. The average molecular weight is 342 g/mol. The smallest absolute Gasteiger partial charge is 0.122 e. The minimum atomic E-state index is 0.652. The summed E-state index contributed by atoms with van der Waals surface area (Å²) in [5.74, 6) is 0.670. The van der Waals surface area contributed by atoms with Crippen LogP contribution in [0.25, 0.3) is 11.3 Å². The number of nitrogen functional groups attached to an aromatic ring is 1. The standard InChI is InChI=1S/C17H16BrN3/c1-12-6-2-4-8-14(12)16-10-17(19)21(20-16)11-13-7-3-5-9-15(13)18/h2-10H,11,19H2,1H3. The minimum absolute atomic E-state index is 0.652. The lowest BCUT2D eigenvalue weighted by atomic mass is 10.1. The normalized spacial score (nSPS) is 10.8. The molecular weight excluding hydrogens is 326 g/mol. The summed E-state index contributed by atoms with van der Waals surface area (Å²) in [6, 6.07) is 18.2. The van der Waals surface area contributed by atoms with Crippen LogP contribution in [0.15, 0.2) is 59.1 Å². The molecule has 3 nitrogen and oxygen atoms in total. The molecule has 0 bridgehead atoms. The molecule has 2 N–H and O–H groups in total. The number of hydrogen-bond donors (Lipinski definition) is 1. The quantitative estimate of drug-likeness (QED) is 0.773. The van der Waals surface area contributed by atoms with Crippen molar-refractivity contribution in [3.8, 4) is 11.3 Å². The Morgan fingerprint density at radius 1 is 1.10 bits per heavy atom. The van der Waals surface area contributed by atoms with E-state index < -0.39 is 0 Å². The predicted octanol–water partition coefficient (Wildman–Crippen LogP) is 4.25. The Morgan fingerprint density at radius 2 is 1.81 bits per heavy atom. The molecule has 0 radical (unpaired) electrons. The van der Waals surface area contributed by atoms with Crippen LogP contribution in [0.4, 0.5) is 5.82 Å². The highest BCUT2D eigenvalue weighted by molar-refractivity contribution is 9.10. The number of nitrogens with two attached hydrogens (primary N) is 1. The van der Waals surface area contributed by atoms with Gasteiger partial charge in [0, 0.05) is 16.1 Å². The molecule has 21 heavy (non-hydrogen) atoms. The largest absolute Gasteiger partial charge is 0.384 e. The van der Waals surface area contributed by atoms with E-state index in [1.165, 1.54) is 5.56 Å². The first-order valence-electron chi connectivity index (χ1n) is 6.78. The number of aryl methyl sites for hydroxylation is 1. The lowest BCUT2D eigenvalue weighted by molar-refractivity contribution is 0.697. The maximum absolute atomic E-state index is 6.11. The zero-order chi connectivity index (χ0) is 14.8. The highest BCUT2D eigenvalue weighted by Gasteiger charge is 2.10. The van der Waals surface area contributed by atoms with E-state index in [4.69, 9.17) is 5.73 Å². The van der Waals surface area contributed by atoms with E-state index in [9.17, 15) is 0 Å². The maximum Gasteiger partial charge on any atom is 0.122 e. The van der Waals surface area contributed by atoms with Crippen molar-refractivity contribution in [3.05, 3.63) is 70.2 Å². The maximum atomic E-state index is 6.11. The Hall–Kier alpha value is -2.07. The highest BCUT2D eigenvalue weighted by Crippen LogP contribution is 2.25. The predicted molar refractivity (Wildman–Crippen MR) is 90.1 cm³/mol. The molecule has 0 saturated carbocycles. The first-order chi connectivity index (χ1) is 10.1. The molecule has 0 aliphatic heterocycles. The molecular formula is C17H16BrN3. The summed E-state index contributed by atoms with van der Waals surface area (Å²) in [6.45, 7) is 2.73. The van der Waals surface area contributed by atoms with E-state index >= 15 is 0 Å². The third-order valence-electron chi connectivity index (χ3n) is 3.51. The van der Waals surface area contributed by atoms with Crippen molar-refractivity contribution in [1.29, 1.82) is 0 Å². The van der Waals surface area contributed by atoms with E-state index in [2.05, 4.69) is 46.2 Å². The second-order valence-corrected chi connectivity index (χ2v) is 5.87. The Balaban J connectivity index is 1.96. The summed E-state index contributed by atoms with van der Waals surface area (Å²) in [7, 11) is 0. The van der Waals surface area contributed by atoms with Crippen LogP contribution in [0.2, 0.25) is 0 Å². The van der Waals surface area contributed by atoms with E-state index in [-0.39, 0.29) is 0 Å². The van der Waals surface area contributed by atoms with Crippen LogP contribution in [-0.4, -0.2) is 9.78 Å². The molecule has 4 heteroatoms. The van der Waals surface area contributed by atoms with E-state index in [1.54, 1.807) is 0 Å². The fourth-order valence-electron chi connectivity index (χ4n) is 2.34. The third-order valence-corrected chi connectivity index (χ3v) is 4.28. The SMILES string of the molecule is Cc1ccccc1-c1cc(N)n(Cc2ccccc2Br)n1. The topological polar surface area (TPSA) is 43.8 Å². The van der Waals surface area contributed by atoms with Crippen LogP contribution < -0.4 is 5.73 Å². The van der Waals surface area contributed by atoms with Crippen LogP contribution in [0.3, 0.4) is 0 Å². The van der Waals surface area contributed by atoms with Gasteiger partial charge < -0.3 is 5.73 Å². The molecule has 3 aromatic rings. The number of anilines is 1. The third kappa shape index (κ3) is 2.85. The van der Waals surface area contributed by atoms with Gasteiger partial charge >= 0.3 is 0 Å².